The van der Waals surface area contributed by atoms with E-state index in [4.69, 9.17) is 0 Å². The third kappa shape index (κ3) is 3.00. The van der Waals surface area contributed by atoms with E-state index in [-0.39, 0.29) is 35.2 Å². The van der Waals surface area contributed by atoms with Gasteiger partial charge in [0.15, 0.2) is 0 Å². The first kappa shape index (κ1) is 16.8. The molecule has 6 heteroatoms. The normalized spacial score (nSPS) is 24.5. The molecule has 2 amide bonds. The van der Waals surface area contributed by atoms with Gasteiger partial charge in [0.25, 0.3) is 5.56 Å². The van der Waals surface area contributed by atoms with Crippen molar-refractivity contribution >= 4 is 11.7 Å². The van der Waals surface area contributed by atoms with Gasteiger partial charge in [-0.2, -0.15) is 0 Å². The summed E-state index contributed by atoms with van der Waals surface area (Å²) in [7, 11) is 0. The number of H-pyrrole nitrogens is 1. The molecule has 5 nitrogen and oxygen atoms in total. The highest BCUT2D eigenvalue weighted by molar-refractivity contribution is 5.89. The number of amides is 2. The molecule has 0 saturated carbocycles. The number of aryl methyl sites for hydroxylation is 1. The highest BCUT2D eigenvalue weighted by atomic mass is 19.1. The fourth-order valence-corrected chi connectivity index (χ4v) is 4.40. The molecule has 2 aromatic rings. The van der Waals surface area contributed by atoms with Crippen LogP contribution in [-0.2, 0) is 0 Å². The summed E-state index contributed by atoms with van der Waals surface area (Å²) < 4.78 is 13.5. The van der Waals surface area contributed by atoms with Crippen LogP contribution in [0.5, 0.6) is 0 Å². The molecule has 2 fully saturated rings. The van der Waals surface area contributed by atoms with Crippen LogP contribution in [0.1, 0.15) is 42.7 Å². The Balaban J connectivity index is 1.50. The third-order valence-electron chi connectivity index (χ3n) is 5.68. The van der Waals surface area contributed by atoms with Gasteiger partial charge in [0, 0.05) is 18.3 Å². The number of rotatable bonds is 2. The number of halogens is 1. The maximum absolute atomic E-state index is 13.5. The Kier molecular flexibility index (Phi) is 4.26. The molecule has 3 heterocycles. The first-order chi connectivity index (χ1) is 12.5. The number of urea groups is 1. The summed E-state index contributed by atoms with van der Waals surface area (Å²) in [6, 6.07) is 8.74. The summed E-state index contributed by atoms with van der Waals surface area (Å²) in [6.07, 6.45) is 5.23. The molecule has 2 N–H and O–H groups in total. The number of aromatic amines is 1. The van der Waals surface area contributed by atoms with Gasteiger partial charge in [-0.3, -0.25) is 4.79 Å². The number of fused-ring (bicyclic) bond motifs is 2. The first-order valence-electron chi connectivity index (χ1n) is 9.06. The van der Waals surface area contributed by atoms with E-state index in [9.17, 15) is 14.0 Å². The Morgan fingerprint density at radius 2 is 1.96 bits per heavy atom. The molecule has 4 rings (SSSR count). The van der Waals surface area contributed by atoms with Crippen LogP contribution in [-0.4, -0.2) is 28.0 Å². The van der Waals surface area contributed by atoms with E-state index in [1.165, 1.54) is 12.3 Å². The lowest BCUT2D eigenvalue weighted by Crippen LogP contribution is -2.48. The molecule has 2 saturated heterocycles. The van der Waals surface area contributed by atoms with Gasteiger partial charge in [-0.05, 0) is 67.9 Å². The number of piperidine rings is 1. The van der Waals surface area contributed by atoms with Crippen molar-refractivity contribution in [2.24, 2.45) is 0 Å². The van der Waals surface area contributed by atoms with Crippen LogP contribution in [0, 0.1) is 12.7 Å². The van der Waals surface area contributed by atoms with Gasteiger partial charge in [-0.25, -0.2) is 9.18 Å². The summed E-state index contributed by atoms with van der Waals surface area (Å²) in [5.41, 5.74) is 1.79. The van der Waals surface area contributed by atoms with Crippen molar-refractivity contribution in [1.29, 1.82) is 0 Å². The topological polar surface area (TPSA) is 65.2 Å². The number of hydrogen-bond acceptors (Lipinski definition) is 2. The Morgan fingerprint density at radius 3 is 2.62 bits per heavy atom. The number of aromatic nitrogens is 1. The maximum Gasteiger partial charge on any atom is 0.322 e. The molecule has 0 aliphatic carbocycles. The number of nitrogens with one attached hydrogen (secondary N) is 2. The second kappa shape index (κ2) is 6.59. The van der Waals surface area contributed by atoms with Crippen LogP contribution in [0.25, 0.3) is 0 Å². The van der Waals surface area contributed by atoms with E-state index in [0.29, 0.717) is 11.5 Å². The molecule has 3 atom stereocenters. The van der Waals surface area contributed by atoms with Crippen molar-refractivity contribution < 1.29 is 9.18 Å². The minimum Gasteiger partial charge on any atom is -0.327 e. The summed E-state index contributed by atoms with van der Waals surface area (Å²) in [6.45, 7) is 1.79. The van der Waals surface area contributed by atoms with Crippen molar-refractivity contribution in [2.45, 2.75) is 50.6 Å². The average Bonchev–Trinajstić information content (AvgIpc) is 2.89. The van der Waals surface area contributed by atoms with Crippen molar-refractivity contribution in [3.8, 4) is 0 Å². The molecule has 2 aliphatic rings. The predicted octanol–water partition coefficient (Wildman–Crippen LogP) is 3.76. The predicted molar refractivity (Wildman–Crippen MR) is 97.8 cm³/mol. The Bertz CT molecular complexity index is 881. The molecule has 1 aromatic carbocycles. The van der Waals surface area contributed by atoms with Gasteiger partial charge in [-0.15, -0.1) is 0 Å². The van der Waals surface area contributed by atoms with Crippen LogP contribution >= 0.6 is 0 Å². The monoisotopic (exact) mass is 355 g/mol. The average molecular weight is 355 g/mol. The minimum atomic E-state index is -0.301. The molecule has 26 heavy (non-hydrogen) atoms. The van der Waals surface area contributed by atoms with E-state index in [0.717, 1.165) is 31.2 Å². The number of hydrogen-bond donors (Lipinski definition) is 2. The maximum atomic E-state index is 13.5. The Labute approximate surface area is 151 Å². The number of nitrogens with zero attached hydrogens (tertiary/aromatic N) is 1. The number of carbonyl (C=O) groups excluding carboxylic acids is 1. The van der Waals surface area contributed by atoms with Crippen molar-refractivity contribution in [3.05, 3.63) is 63.8 Å². The third-order valence-corrected chi connectivity index (χ3v) is 5.68. The summed E-state index contributed by atoms with van der Waals surface area (Å²) in [5, 5.41) is 2.75. The Hall–Kier alpha value is -2.63. The zero-order chi connectivity index (χ0) is 18.3. The smallest absolute Gasteiger partial charge is 0.322 e. The zero-order valence-electron chi connectivity index (χ0n) is 14.7. The summed E-state index contributed by atoms with van der Waals surface area (Å²) >= 11 is 0. The standard InChI is InChI=1S/C20H22FN3O2/c1-12-9-13(4-7-17(12)21)14-10-15-5-6-16(11-14)24(15)20(26)23-18-3-2-8-22-19(18)25/h2-4,7-9,14-16H,5-6,10-11H2,1H3,(H,22,25)(H,23,26)/t14?,15-,16+. The van der Waals surface area contributed by atoms with E-state index in [2.05, 4.69) is 10.3 Å². The zero-order valence-corrected chi connectivity index (χ0v) is 14.7. The molecular formula is C20H22FN3O2. The summed E-state index contributed by atoms with van der Waals surface area (Å²) in [5.74, 6) is 0.164. The largest absolute Gasteiger partial charge is 0.327 e. The molecule has 0 radical (unpaired) electrons. The van der Waals surface area contributed by atoms with E-state index in [1.807, 2.05) is 17.0 Å². The van der Waals surface area contributed by atoms with Gasteiger partial charge in [0.05, 0.1) is 0 Å². The first-order valence-corrected chi connectivity index (χ1v) is 9.06. The van der Waals surface area contributed by atoms with Crippen LogP contribution in [0.3, 0.4) is 0 Å². The van der Waals surface area contributed by atoms with Crippen molar-refractivity contribution in [3.63, 3.8) is 0 Å². The molecule has 136 valence electrons. The number of carbonyl (C=O) groups is 1. The Morgan fingerprint density at radius 1 is 1.23 bits per heavy atom. The van der Waals surface area contributed by atoms with Crippen LogP contribution in [0.2, 0.25) is 0 Å². The van der Waals surface area contributed by atoms with E-state index in [1.54, 1.807) is 19.1 Å². The van der Waals surface area contributed by atoms with Gasteiger partial charge < -0.3 is 15.2 Å². The quantitative estimate of drug-likeness (QED) is 0.861. The van der Waals surface area contributed by atoms with Crippen LogP contribution in [0.15, 0.2) is 41.3 Å². The number of anilines is 1. The second-order valence-corrected chi connectivity index (χ2v) is 7.31. The van der Waals surface area contributed by atoms with Crippen molar-refractivity contribution in [2.75, 3.05) is 5.32 Å². The molecule has 0 spiro atoms. The minimum absolute atomic E-state index is 0.159. The summed E-state index contributed by atoms with van der Waals surface area (Å²) in [4.78, 5) is 29.0. The lowest BCUT2D eigenvalue weighted by atomic mass is 9.84. The van der Waals surface area contributed by atoms with E-state index >= 15 is 0 Å². The molecule has 2 bridgehead atoms. The fourth-order valence-electron chi connectivity index (χ4n) is 4.40. The highest BCUT2D eigenvalue weighted by Gasteiger charge is 2.43. The second-order valence-electron chi connectivity index (χ2n) is 7.31. The van der Waals surface area contributed by atoms with Gasteiger partial charge >= 0.3 is 6.03 Å². The van der Waals surface area contributed by atoms with Crippen LogP contribution in [0.4, 0.5) is 14.9 Å². The fraction of sp³-hybridized carbons (Fsp3) is 0.400. The molecule has 2 aliphatic heterocycles. The number of benzene rings is 1. The van der Waals surface area contributed by atoms with Crippen LogP contribution < -0.4 is 10.9 Å². The van der Waals surface area contributed by atoms with Gasteiger partial charge in [-0.1, -0.05) is 12.1 Å². The number of pyridine rings is 1. The molecule has 1 unspecified atom stereocenters. The van der Waals surface area contributed by atoms with Gasteiger partial charge in [0.2, 0.25) is 0 Å². The highest BCUT2D eigenvalue weighted by Crippen LogP contribution is 2.43. The van der Waals surface area contributed by atoms with Gasteiger partial charge in [0.1, 0.15) is 11.5 Å². The lowest BCUT2D eigenvalue weighted by Gasteiger charge is -2.39. The molecular weight excluding hydrogens is 333 g/mol. The molecule has 1 aromatic heterocycles. The SMILES string of the molecule is Cc1cc(C2C[C@H]3CC[C@@H](C2)N3C(=O)Nc2ccc[nH]c2=O)ccc1F. The van der Waals surface area contributed by atoms with E-state index < -0.39 is 0 Å². The van der Waals surface area contributed by atoms with Crippen molar-refractivity contribution in [1.82, 2.24) is 9.88 Å². The lowest BCUT2D eigenvalue weighted by molar-refractivity contribution is 0.149.